The van der Waals surface area contributed by atoms with E-state index in [4.69, 9.17) is 5.73 Å². The van der Waals surface area contributed by atoms with E-state index in [1.807, 2.05) is 0 Å². The Labute approximate surface area is 85.7 Å². The fourth-order valence-corrected chi connectivity index (χ4v) is 1.50. The highest BCUT2D eigenvalue weighted by molar-refractivity contribution is 5.99. The SMILES string of the molecule is NC(=O)c1c(F)cccc1-c1ccc[nH]1. The summed E-state index contributed by atoms with van der Waals surface area (Å²) in [6.45, 7) is 0. The Morgan fingerprint density at radius 2 is 2.07 bits per heavy atom. The molecule has 0 radical (unpaired) electrons. The maximum Gasteiger partial charge on any atom is 0.252 e. The Bertz CT molecular complexity index is 491. The van der Waals surface area contributed by atoms with Crippen LogP contribution in [-0.4, -0.2) is 10.9 Å². The number of benzene rings is 1. The lowest BCUT2D eigenvalue weighted by Crippen LogP contribution is -2.14. The molecule has 1 heterocycles. The van der Waals surface area contributed by atoms with Gasteiger partial charge in [0.1, 0.15) is 5.82 Å². The van der Waals surface area contributed by atoms with Gasteiger partial charge in [0, 0.05) is 17.5 Å². The molecular formula is C11H9FN2O. The smallest absolute Gasteiger partial charge is 0.252 e. The van der Waals surface area contributed by atoms with Crippen LogP contribution in [0, 0.1) is 5.82 Å². The first-order chi connectivity index (χ1) is 7.20. The van der Waals surface area contributed by atoms with Gasteiger partial charge in [-0.2, -0.15) is 0 Å². The predicted molar refractivity (Wildman–Crippen MR) is 54.7 cm³/mol. The van der Waals surface area contributed by atoms with E-state index in [0.29, 0.717) is 11.3 Å². The van der Waals surface area contributed by atoms with Crippen molar-refractivity contribution in [1.82, 2.24) is 4.98 Å². The molecule has 0 aliphatic heterocycles. The Hall–Kier alpha value is -2.10. The molecule has 0 aliphatic rings. The normalized spacial score (nSPS) is 10.2. The van der Waals surface area contributed by atoms with Crippen LogP contribution in [0.2, 0.25) is 0 Å². The number of nitrogens with two attached hydrogens (primary N) is 1. The van der Waals surface area contributed by atoms with Gasteiger partial charge in [0.05, 0.1) is 5.56 Å². The zero-order valence-corrected chi connectivity index (χ0v) is 7.83. The number of hydrogen-bond donors (Lipinski definition) is 2. The number of carbonyl (C=O) groups is 1. The molecule has 0 atom stereocenters. The molecule has 0 spiro atoms. The molecule has 0 saturated heterocycles. The van der Waals surface area contributed by atoms with Gasteiger partial charge in [0.25, 0.3) is 5.91 Å². The number of hydrogen-bond acceptors (Lipinski definition) is 1. The standard InChI is InChI=1S/C11H9FN2O/c12-8-4-1-3-7(10(8)11(13)15)9-5-2-6-14-9/h1-6,14H,(H2,13,15). The second-order valence-corrected chi connectivity index (χ2v) is 3.11. The summed E-state index contributed by atoms with van der Waals surface area (Å²) in [6, 6.07) is 7.92. The van der Waals surface area contributed by atoms with E-state index in [-0.39, 0.29) is 5.56 Å². The van der Waals surface area contributed by atoms with Gasteiger partial charge in [-0.25, -0.2) is 4.39 Å². The Morgan fingerprint density at radius 1 is 1.27 bits per heavy atom. The van der Waals surface area contributed by atoms with E-state index in [0.717, 1.165) is 0 Å². The maximum absolute atomic E-state index is 13.4. The molecule has 1 amide bonds. The quantitative estimate of drug-likeness (QED) is 0.771. The average Bonchev–Trinajstić information content (AvgIpc) is 2.69. The van der Waals surface area contributed by atoms with Gasteiger partial charge in [-0.15, -0.1) is 0 Å². The number of aromatic nitrogens is 1. The summed E-state index contributed by atoms with van der Waals surface area (Å²) < 4.78 is 13.4. The van der Waals surface area contributed by atoms with Crippen molar-refractivity contribution in [1.29, 1.82) is 0 Å². The van der Waals surface area contributed by atoms with Crippen LogP contribution in [0.5, 0.6) is 0 Å². The zero-order valence-electron chi connectivity index (χ0n) is 7.83. The third-order valence-corrected chi connectivity index (χ3v) is 2.15. The van der Waals surface area contributed by atoms with Crippen molar-refractivity contribution in [2.24, 2.45) is 5.73 Å². The third-order valence-electron chi connectivity index (χ3n) is 2.15. The van der Waals surface area contributed by atoms with Crippen LogP contribution >= 0.6 is 0 Å². The molecule has 4 heteroatoms. The monoisotopic (exact) mass is 204 g/mol. The Balaban J connectivity index is 2.66. The first kappa shape index (κ1) is 9.45. The fraction of sp³-hybridized carbons (Fsp3) is 0. The minimum Gasteiger partial charge on any atom is -0.365 e. The summed E-state index contributed by atoms with van der Waals surface area (Å²) >= 11 is 0. The highest BCUT2D eigenvalue weighted by Crippen LogP contribution is 2.23. The number of carbonyl (C=O) groups excluding carboxylic acids is 1. The lowest BCUT2D eigenvalue weighted by atomic mass is 10.0. The molecule has 0 aliphatic carbocycles. The lowest BCUT2D eigenvalue weighted by molar-refractivity contribution is 0.0997. The molecule has 76 valence electrons. The molecule has 1 aromatic carbocycles. The van der Waals surface area contributed by atoms with Gasteiger partial charge in [-0.05, 0) is 18.2 Å². The number of nitrogens with one attached hydrogen (secondary N) is 1. The maximum atomic E-state index is 13.4. The predicted octanol–water partition coefficient (Wildman–Crippen LogP) is 1.92. The zero-order chi connectivity index (χ0) is 10.8. The van der Waals surface area contributed by atoms with Crippen molar-refractivity contribution >= 4 is 5.91 Å². The van der Waals surface area contributed by atoms with Gasteiger partial charge >= 0.3 is 0 Å². The first-order valence-electron chi connectivity index (χ1n) is 4.42. The van der Waals surface area contributed by atoms with Crippen LogP contribution in [0.3, 0.4) is 0 Å². The van der Waals surface area contributed by atoms with Crippen molar-refractivity contribution in [3.63, 3.8) is 0 Å². The number of primary amides is 1. The van der Waals surface area contributed by atoms with Gasteiger partial charge < -0.3 is 10.7 Å². The average molecular weight is 204 g/mol. The summed E-state index contributed by atoms with van der Waals surface area (Å²) in [6.07, 6.45) is 1.70. The molecule has 3 N–H and O–H groups in total. The van der Waals surface area contributed by atoms with Gasteiger partial charge in [-0.1, -0.05) is 12.1 Å². The molecule has 15 heavy (non-hydrogen) atoms. The number of H-pyrrole nitrogens is 1. The second-order valence-electron chi connectivity index (χ2n) is 3.11. The largest absolute Gasteiger partial charge is 0.365 e. The summed E-state index contributed by atoms with van der Waals surface area (Å²) in [5, 5.41) is 0. The van der Waals surface area contributed by atoms with Gasteiger partial charge in [-0.3, -0.25) is 4.79 Å². The van der Waals surface area contributed by atoms with E-state index < -0.39 is 11.7 Å². The van der Waals surface area contributed by atoms with Crippen molar-refractivity contribution in [2.45, 2.75) is 0 Å². The molecule has 0 bridgehead atoms. The minimum absolute atomic E-state index is 0.0834. The molecule has 0 saturated carbocycles. The highest BCUT2D eigenvalue weighted by Gasteiger charge is 2.15. The molecule has 2 rings (SSSR count). The van der Waals surface area contributed by atoms with Crippen LogP contribution in [0.4, 0.5) is 4.39 Å². The third kappa shape index (κ3) is 1.61. The van der Waals surface area contributed by atoms with E-state index in [9.17, 15) is 9.18 Å². The van der Waals surface area contributed by atoms with Crippen molar-refractivity contribution in [3.8, 4) is 11.3 Å². The second kappa shape index (κ2) is 3.57. The Morgan fingerprint density at radius 3 is 2.67 bits per heavy atom. The van der Waals surface area contributed by atoms with Crippen molar-refractivity contribution in [3.05, 3.63) is 47.9 Å². The number of aromatic amines is 1. The molecule has 0 unspecified atom stereocenters. The van der Waals surface area contributed by atoms with Crippen LogP contribution in [0.1, 0.15) is 10.4 Å². The summed E-state index contributed by atoms with van der Waals surface area (Å²) in [5.41, 5.74) is 6.19. The Kier molecular flexibility index (Phi) is 2.25. The van der Waals surface area contributed by atoms with E-state index >= 15 is 0 Å². The molecule has 0 fully saturated rings. The van der Waals surface area contributed by atoms with E-state index in [1.165, 1.54) is 12.1 Å². The molecule has 3 nitrogen and oxygen atoms in total. The topological polar surface area (TPSA) is 58.9 Å². The summed E-state index contributed by atoms with van der Waals surface area (Å²) in [7, 11) is 0. The van der Waals surface area contributed by atoms with Gasteiger partial charge in [0.15, 0.2) is 0 Å². The van der Waals surface area contributed by atoms with Gasteiger partial charge in [0.2, 0.25) is 0 Å². The first-order valence-corrected chi connectivity index (χ1v) is 4.42. The number of amides is 1. The van der Waals surface area contributed by atoms with E-state index in [1.54, 1.807) is 24.4 Å². The number of halogens is 1. The summed E-state index contributed by atoms with van der Waals surface area (Å²) in [4.78, 5) is 14.0. The minimum atomic E-state index is -0.766. The summed E-state index contributed by atoms with van der Waals surface area (Å²) in [5.74, 6) is -1.37. The van der Waals surface area contributed by atoms with E-state index in [2.05, 4.69) is 4.98 Å². The molecule has 2 aromatic rings. The molecule has 1 aromatic heterocycles. The van der Waals surface area contributed by atoms with Crippen molar-refractivity contribution in [2.75, 3.05) is 0 Å². The number of rotatable bonds is 2. The fourth-order valence-electron chi connectivity index (χ4n) is 1.50. The van der Waals surface area contributed by atoms with Crippen molar-refractivity contribution < 1.29 is 9.18 Å². The van der Waals surface area contributed by atoms with Crippen LogP contribution in [0.25, 0.3) is 11.3 Å². The molecular weight excluding hydrogens is 195 g/mol. The van der Waals surface area contributed by atoms with Crippen LogP contribution in [-0.2, 0) is 0 Å². The lowest BCUT2D eigenvalue weighted by Gasteiger charge is -2.05. The van der Waals surface area contributed by atoms with Crippen LogP contribution in [0.15, 0.2) is 36.5 Å². The van der Waals surface area contributed by atoms with Crippen LogP contribution < -0.4 is 5.73 Å². The highest BCUT2D eigenvalue weighted by atomic mass is 19.1.